The summed E-state index contributed by atoms with van der Waals surface area (Å²) < 4.78 is 12.2. The number of carbonyl (C=O) groups is 3. The predicted molar refractivity (Wildman–Crippen MR) is 151 cm³/mol. The van der Waals surface area contributed by atoms with Gasteiger partial charge in [0.1, 0.15) is 22.7 Å². The second kappa shape index (κ2) is 11.5. The standard InChI is InChI=1S/C28H39N7O5/c1-10-28(8,9)19-13-20(40-34-19)31-25(37)16(4)18-12-11-17(14-30-18)22-21(23(29)36)24(35(33-22)15(2)3)32-26(38)39-27(5,6)7/h11-16H,10H2,1-9H3,(H2,29,36)(H,31,37)(H,32,38). The van der Waals surface area contributed by atoms with E-state index in [9.17, 15) is 14.4 Å². The Morgan fingerprint density at radius 2 is 1.77 bits per heavy atom. The van der Waals surface area contributed by atoms with Gasteiger partial charge in [-0.05, 0) is 60.1 Å². The molecule has 0 aromatic carbocycles. The van der Waals surface area contributed by atoms with Gasteiger partial charge in [0.15, 0.2) is 0 Å². The quantitative estimate of drug-likeness (QED) is 0.317. The van der Waals surface area contributed by atoms with Gasteiger partial charge >= 0.3 is 6.09 Å². The van der Waals surface area contributed by atoms with Crippen LogP contribution in [0.25, 0.3) is 11.3 Å². The molecule has 12 nitrogen and oxygen atoms in total. The number of anilines is 2. The van der Waals surface area contributed by atoms with Crippen molar-refractivity contribution in [1.82, 2.24) is 19.9 Å². The van der Waals surface area contributed by atoms with E-state index in [0.29, 0.717) is 11.3 Å². The summed E-state index contributed by atoms with van der Waals surface area (Å²) >= 11 is 0. The molecule has 0 fully saturated rings. The van der Waals surface area contributed by atoms with E-state index in [0.717, 1.165) is 12.1 Å². The van der Waals surface area contributed by atoms with Crippen LogP contribution in [0, 0.1) is 0 Å². The number of pyridine rings is 1. The second-order valence-electron chi connectivity index (χ2n) is 11.6. The number of nitrogens with one attached hydrogen (secondary N) is 2. The maximum atomic E-state index is 12.9. The Bertz CT molecular complexity index is 1380. The zero-order chi connectivity index (χ0) is 30.0. The fourth-order valence-corrected chi connectivity index (χ4v) is 3.76. The van der Waals surface area contributed by atoms with E-state index in [-0.39, 0.29) is 40.3 Å². The fraction of sp³-hybridized carbons (Fsp3) is 0.500. The zero-order valence-electron chi connectivity index (χ0n) is 24.6. The molecule has 0 spiro atoms. The summed E-state index contributed by atoms with van der Waals surface area (Å²) in [6.45, 7) is 16.8. The Morgan fingerprint density at radius 1 is 1.10 bits per heavy atom. The molecule has 216 valence electrons. The number of primary amides is 1. The topological polar surface area (TPSA) is 167 Å². The van der Waals surface area contributed by atoms with E-state index < -0.39 is 23.5 Å². The van der Waals surface area contributed by atoms with Crippen molar-refractivity contribution in [1.29, 1.82) is 0 Å². The van der Waals surface area contributed by atoms with Crippen LogP contribution in [0.4, 0.5) is 16.5 Å². The van der Waals surface area contributed by atoms with Gasteiger partial charge in [-0.25, -0.2) is 9.48 Å². The Hall–Kier alpha value is -4.22. The van der Waals surface area contributed by atoms with Gasteiger partial charge < -0.3 is 15.0 Å². The van der Waals surface area contributed by atoms with Crippen LogP contribution in [0.15, 0.2) is 28.9 Å². The van der Waals surface area contributed by atoms with E-state index in [2.05, 4.69) is 46.6 Å². The number of nitrogens with two attached hydrogens (primary N) is 1. The highest BCUT2D eigenvalue weighted by Gasteiger charge is 2.29. The monoisotopic (exact) mass is 553 g/mol. The molecule has 0 radical (unpaired) electrons. The van der Waals surface area contributed by atoms with Crippen LogP contribution in [0.3, 0.4) is 0 Å². The van der Waals surface area contributed by atoms with E-state index in [1.54, 1.807) is 45.9 Å². The maximum Gasteiger partial charge on any atom is 0.413 e. The average molecular weight is 554 g/mol. The lowest BCUT2D eigenvalue weighted by atomic mass is 9.87. The van der Waals surface area contributed by atoms with Gasteiger partial charge in [0.05, 0.1) is 17.3 Å². The zero-order valence-corrected chi connectivity index (χ0v) is 24.6. The summed E-state index contributed by atoms with van der Waals surface area (Å²) in [4.78, 5) is 42.4. The first kappa shape index (κ1) is 30.3. The minimum Gasteiger partial charge on any atom is -0.444 e. The van der Waals surface area contributed by atoms with Gasteiger partial charge in [-0.15, -0.1) is 0 Å². The minimum atomic E-state index is -0.776. The van der Waals surface area contributed by atoms with Crippen LogP contribution in [0.1, 0.15) is 102 Å². The van der Waals surface area contributed by atoms with Crippen LogP contribution in [-0.4, -0.2) is 43.4 Å². The number of hydrogen-bond acceptors (Lipinski definition) is 8. The van der Waals surface area contributed by atoms with Crippen molar-refractivity contribution < 1.29 is 23.6 Å². The first-order valence-corrected chi connectivity index (χ1v) is 13.2. The molecular formula is C28H39N7O5. The summed E-state index contributed by atoms with van der Waals surface area (Å²) in [6.07, 6.45) is 1.63. The van der Waals surface area contributed by atoms with Crippen molar-refractivity contribution in [3.05, 3.63) is 41.3 Å². The molecule has 0 aliphatic heterocycles. The number of ether oxygens (including phenoxy) is 1. The smallest absolute Gasteiger partial charge is 0.413 e. The molecule has 3 amide bonds. The van der Waals surface area contributed by atoms with Gasteiger partial charge in [0.25, 0.3) is 5.91 Å². The number of amides is 3. The number of hydrogen-bond donors (Lipinski definition) is 3. The number of nitrogens with zero attached hydrogens (tertiary/aromatic N) is 4. The first-order chi connectivity index (χ1) is 18.5. The van der Waals surface area contributed by atoms with E-state index >= 15 is 0 Å². The Labute approximate surface area is 234 Å². The number of rotatable bonds is 9. The second-order valence-corrected chi connectivity index (χ2v) is 11.6. The third kappa shape index (κ3) is 6.85. The van der Waals surface area contributed by atoms with Crippen molar-refractivity contribution in [3.63, 3.8) is 0 Å². The van der Waals surface area contributed by atoms with Crippen molar-refractivity contribution in [2.24, 2.45) is 5.73 Å². The molecular weight excluding hydrogens is 514 g/mol. The van der Waals surface area contributed by atoms with Crippen molar-refractivity contribution in [2.45, 2.75) is 91.7 Å². The van der Waals surface area contributed by atoms with Gasteiger partial charge in [0.2, 0.25) is 11.8 Å². The lowest BCUT2D eigenvalue weighted by Gasteiger charge is -2.20. The number of aromatic nitrogens is 4. The highest BCUT2D eigenvalue weighted by Crippen LogP contribution is 2.32. The van der Waals surface area contributed by atoms with Gasteiger partial charge in [-0.2, -0.15) is 5.10 Å². The molecule has 0 saturated heterocycles. The molecule has 12 heteroatoms. The third-order valence-electron chi connectivity index (χ3n) is 6.50. The lowest BCUT2D eigenvalue weighted by Crippen LogP contribution is -2.29. The molecule has 1 unspecified atom stereocenters. The molecule has 40 heavy (non-hydrogen) atoms. The Kier molecular flexibility index (Phi) is 8.71. The van der Waals surface area contributed by atoms with E-state index in [1.165, 1.54) is 10.9 Å². The molecule has 4 N–H and O–H groups in total. The Morgan fingerprint density at radius 3 is 2.30 bits per heavy atom. The summed E-state index contributed by atoms with van der Waals surface area (Å²) in [5, 5.41) is 14.0. The highest BCUT2D eigenvalue weighted by molar-refractivity contribution is 6.06. The van der Waals surface area contributed by atoms with Crippen molar-refractivity contribution in [3.8, 4) is 11.3 Å². The van der Waals surface area contributed by atoms with Crippen molar-refractivity contribution >= 4 is 29.6 Å². The van der Waals surface area contributed by atoms with Crippen LogP contribution < -0.4 is 16.4 Å². The fourth-order valence-electron chi connectivity index (χ4n) is 3.76. The largest absolute Gasteiger partial charge is 0.444 e. The molecule has 0 aliphatic rings. The first-order valence-electron chi connectivity index (χ1n) is 13.2. The number of carbonyl (C=O) groups excluding carboxylic acids is 3. The molecule has 1 atom stereocenters. The van der Waals surface area contributed by atoms with E-state index in [4.69, 9.17) is 15.0 Å². The molecule has 3 rings (SSSR count). The third-order valence-corrected chi connectivity index (χ3v) is 6.50. The molecule has 0 aliphatic carbocycles. The van der Waals surface area contributed by atoms with Crippen LogP contribution >= 0.6 is 0 Å². The van der Waals surface area contributed by atoms with Crippen LogP contribution in [-0.2, 0) is 14.9 Å². The van der Waals surface area contributed by atoms with Crippen molar-refractivity contribution in [2.75, 3.05) is 10.6 Å². The average Bonchev–Trinajstić information content (AvgIpc) is 3.48. The molecule has 3 heterocycles. The SMILES string of the molecule is CCC(C)(C)c1cc(NC(=O)C(C)c2ccc(-c3nn(C(C)C)c(NC(=O)OC(C)(C)C)c3C(N)=O)cn2)on1. The van der Waals surface area contributed by atoms with Crippen LogP contribution in [0.5, 0.6) is 0 Å². The summed E-state index contributed by atoms with van der Waals surface area (Å²) in [5.41, 5.74) is 6.81. The lowest BCUT2D eigenvalue weighted by molar-refractivity contribution is -0.117. The summed E-state index contributed by atoms with van der Waals surface area (Å²) in [7, 11) is 0. The minimum absolute atomic E-state index is 0.0241. The van der Waals surface area contributed by atoms with Crippen LogP contribution in [0.2, 0.25) is 0 Å². The van der Waals surface area contributed by atoms with Gasteiger partial charge in [0, 0.05) is 29.3 Å². The summed E-state index contributed by atoms with van der Waals surface area (Å²) in [6, 6.07) is 4.88. The highest BCUT2D eigenvalue weighted by atomic mass is 16.6. The predicted octanol–water partition coefficient (Wildman–Crippen LogP) is 5.39. The van der Waals surface area contributed by atoms with Gasteiger partial charge in [-0.1, -0.05) is 25.9 Å². The maximum absolute atomic E-state index is 12.9. The summed E-state index contributed by atoms with van der Waals surface area (Å²) in [5.74, 6) is -1.32. The molecule has 3 aromatic heterocycles. The molecule has 0 bridgehead atoms. The Balaban J connectivity index is 1.86. The van der Waals surface area contributed by atoms with E-state index in [1.807, 2.05) is 13.8 Å². The molecule has 3 aromatic rings. The molecule has 0 saturated carbocycles. The van der Waals surface area contributed by atoms with Gasteiger partial charge in [-0.3, -0.25) is 25.2 Å². The normalized spacial score (nSPS) is 12.8.